The van der Waals surface area contributed by atoms with E-state index >= 15 is 0 Å². The Bertz CT molecular complexity index is 706. The number of nitrogens with zero attached hydrogens (tertiary/aromatic N) is 1. The fraction of sp³-hybridized carbons (Fsp3) is 0.611. The number of hydrogen-bond donors (Lipinski definition) is 2. The number of carbonyl (C=O) groups excluding carboxylic acids is 1. The van der Waals surface area contributed by atoms with E-state index in [1.165, 1.54) is 9.21 Å². The molecule has 25 heavy (non-hydrogen) atoms. The summed E-state index contributed by atoms with van der Waals surface area (Å²) in [5.41, 5.74) is 0.551. The van der Waals surface area contributed by atoms with Crippen LogP contribution in [0.4, 0.5) is 5.69 Å². The van der Waals surface area contributed by atoms with Gasteiger partial charge in [0.2, 0.25) is 10.0 Å². The fourth-order valence-corrected chi connectivity index (χ4v) is 5.15. The van der Waals surface area contributed by atoms with Gasteiger partial charge in [-0.05, 0) is 49.8 Å². The molecule has 2 heterocycles. The first-order valence-corrected chi connectivity index (χ1v) is 10.6. The third-order valence-electron chi connectivity index (χ3n) is 5.21. The number of sulfonamides is 1. The molecule has 0 bridgehead atoms. The number of amides is 1. The van der Waals surface area contributed by atoms with E-state index in [1.807, 2.05) is 0 Å². The number of nitrogens with one attached hydrogen (secondary N) is 2. The van der Waals surface area contributed by atoms with Crippen molar-refractivity contribution in [1.29, 1.82) is 0 Å². The zero-order chi connectivity index (χ0) is 17.9. The minimum atomic E-state index is -3.45. The van der Waals surface area contributed by atoms with Crippen LogP contribution in [0.3, 0.4) is 0 Å². The number of benzene rings is 1. The zero-order valence-electron chi connectivity index (χ0n) is 14.8. The van der Waals surface area contributed by atoms with Crippen LogP contribution in [0.25, 0.3) is 0 Å². The number of hydrogen-bond acceptors (Lipinski definition) is 3. The van der Waals surface area contributed by atoms with E-state index in [4.69, 9.17) is 0 Å². The molecule has 1 aromatic carbocycles. The standard InChI is InChI=1S/C18H27N3O3S/c1-15-7-11-20(12-8-15)14-18(22)19-16-5-4-6-17(13-16)25(23,24)21-9-2-3-10-21/h4-6,13,15H,2-3,7-12,14H2,1H3,(H,19,22)/p+1. The topological polar surface area (TPSA) is 70.9 Å². The van der Waals surface area contributed by atoms with Crippen molar-refractivity contribution in [2.75, 3.05) is 38.0 Å². The summed E-state index contributed by atoms with van der Waals surface area (Å²) in [6, 6.07) is 6.60. The van der Waals surface area contributed by atoms with Crippen LogP contribution in [0.2, 0.25) is 0 Å². The molecule has 6 nitrogen and oxygen atoms in total. The molecule has 0 aliphatic carbocycles. The maximum absolute atomic E-state index is 12.6. The number of quaternary nitrogens is 1. The van der Waals surface area contributed by atoms with Crippen LogP contribution in [0.15, 0.2) is 29.2 Å². The second kappa shape index (κ2) is 7.85. The minimum Gasteiger partial charge on any atom is -0.327 e. The van der Waals surface area contributed by atoms with Crippen molar-refractivity contribution >= 4 is 21.6 Å². The van der Waals surface area contributed by atoms with E-state index in [9.17, 15) is 13.2 Å². The molecule has 2 fully saturated rings. The Morgan fingerprint density at radius 2 is 1.92 bits per heavy atom. The van der Waals surface area contributed by atoms with E-state index in [1.54, 1.807) is 24.3 Å². The Hall–Kier alpha value is -1.44. The first-order valence-electron chi connectivity index (χ1n) is 9.19. The lowest BCUT2D eigenvalue weighted by Crippen LogP contribution is -3.14. The Morgan fingerprint density at radius 3 is 2.60 bits per heavy atom. The molecule has 0 saturated carbocycles. The highest BCUT2D eigenvalue weighted by Gasteiger charge is 2.27. The van der Waals surface area contributed by atoms with Gasteiger partial charge in [0.15, 0.2) is 6.54 Å². The van der Waals surface area contributed by atoms with Gasteiger partial charge < -0.3 is 10.2 Å². The molecule has 0 unspecified atom stereocenters. The quantitative estimate of drug-likeness (QED) is 0.807. The summed E-state index contributed by atoms with van der Waals surface area (Å²) in [5.74, 6) is 0.694. The lowest BCUT2D eigenvalue weighted by molar-refractivity contribution is -0.897. The molecular formula is C18H28N3O3S+. The number of rotatable bonds is 5. The molecule has 2 N–H and O–H groups in total. The van der Waals surface area contributed by atoms with E-state index < -0.39 is 10.0 Å². The van der Waals surface area contributed by atoms with E-state index in [0.29, 0.717) is 25.3 Å². The van der Waals surface area contributed by atoms with Gasteiger partial charge in [-0.1, -0.05) is 13.0 Å². The largest absolute Gasteiger partial charge is 0.327 e. The Labute approximate surface area is 150 Å². The van der Waals surface area contributed by atoms with Crippen LogP contribution in [0, 0.1) is 5.92 Å². The van der Waals surface area contributed by atoms with Crippen molar-refractivity contribution in [3.8, 4) is 0 Å². The number of carbonyl (C=O) groups is 1. The molecule has 138 valence electrons. The summed E-state index contributed by atoms with van der Waals surface area (Å²) in [7, 11) is -3.45. The normalized spacial score (nSPS) is 25.0. The van der Waals surface area contributed by atoms with Gasteiger partial charge >= 0.3 is 0 Å². The maximum atomic E-state index is 12.6. The molecule has 1 amide bonds. The van der Waals surface area contributed by atoms with E-state index in [2.05, 4.69) is 12.2 Å². The van der Waals surface area contributed by atoms with Crippen molar-refractivity contribution in [2.24, 2.45) is 5.92 Å². The highest BCUT2D eigenvalue weighted by Crippen LogP contribution is 2.23. The molecule has 2 saturated heterocycles. The molecule has 0 radical (unpaired) electrons. The van der Waals surface area contributed by atoms with Crippen LogP contribution in [-0.4, -0.2) is 51.4 Å². The molecular weight excluding hydrogens is 338 g/mol. The van der Waals surface area contributed by atoms with E-state index in [-0.39, 0.29) is 10.8 Å². The number of likely N-dealkylation sites (tertiary alicyclic amines) is 1. The van der Waals surface area contributed by atoms with Crippen LogP contribution in [0.5, 0.6) is 0 Å². The number of piperidine rings is 1. The highest BCUT2D eigenvalue weighted by molar-refractivity contribution is 7.89. The Kier molecular flexibility index (Phi) is 5.76. The minimum absolute atomic E-state index is 0.0553. The van der Waals surface area contributed by atoms with Gasteiger partial charge in [-0.25, -0.2) is 8.42 Å². The second-order valence-electron chi connectivity index (χ2n) is 7.30. The zero-order valence-corrected chi connectivity index (χ0v) is 15.6. The summed E-state index contributed by atoms with van der Waals surface area (Å²) in [6.45, 7) is 5.90. The third-order valence-corrected chi connectivity index (χ3v) is 7.11. The van der Waals surface area contributed by atoms with Crippen molar-refractivity contribution in [3.63, 3.8) is 0 Å². The van der Waals surface area contributed by atoms with Gasteiger partial charge in [0.05, 0.1) is 18.0 Å². The lowest BCUT2D eigenvalue weighted by Gasteiger charge is -2.26. The maximum Gasteiger partial charge on any atom is 0.279 e. The highest BCUT2D eigenvalue weighted by atomic mass is 32.2. The van der Waals surface area contributed by atoms with Crippen molar-refractivity contribution in [2.45, 2.75) is 37.5 Å². The fourth-order valence-electron chi connectivity index (χ4n) is 3.59. The predicted molar refractivity (Wildman–Crippen MR) is 97.0 cm³/mol. The van der Waals surface area contributed by atoms with Crippen molar-refractivity contribution in [1.82, 2.24) is 4.31 Å². The summed E-state index contributed by atoms with van der Waals surface area (Å²) < 4.78 is 26.8. The first kappa shape index (κ1) is 18.4. The van der Waals surface area contributed by atoms with Gasteiger partial charge in [-0.3, -0.25) is 4.79 Å². The molecule has 7 heteroatoms. The first-order chi connectivity index (χ1) is 11.9. The molecule has 3 rings (SSSR count). The SMILES string of the molecule is CC1CC[NH+](CC(=O)Nc2cccc(S(=O)(=O)N3CCCC3)c2)CC1. The Morgan fingerprint density at radius 1 is 1.24 bits per heavy atom. The smallest absolute Gasteiger partial charge is 0.279 e. The summed E-state index contributed by atoms with van der Waals surface area (Å²) in [4.78, 5) is 13.8. The summed E-state index contributed by atoms with van der Waals surface area (Å²) in [6.07, 6.45) is 4.14. The molecule has 2 aliphatic heterocycles. The third kappa shape index (κ3) is 4.59. The average molecular weight is 367 g/mol. The summed E-state index contributed by atoms with van der Waals surface area (Å²) >= 11 is 0. The molecule has 1 aromatic rings. The monoisotopic (exact) mass is 366 g/mol. The second-order valence-corrected chi connectivity index (χ2v) is 9.23. The average Bonchev–Trinajstić information content (AvgIpc) is 3.12. The predicted octanol–water partition coefficient (Wildman–Crippen LogP) is 0.724. The van der Waals surface area contributed by atoms with Crippen molar-refractivity contribution in [3.05, 3.63) is 24.3 Å². The van der Waals surface area contributed by atoms with Gasteiger partial charge in [0.1, 0.15) is 0 Å². The van der Waals surface area contributed by atoms with Gasteiger partial charge in [-0.15, -0.1) is 0 Å². The lowest BCUT2D eigenvalue weighted by atomic mass is 9.99. The summed E-state index contributed by atoms with van der Waals surface area (Å²) in [5, 5.41) is 2.86. The van der Waals surface area contributed by atoms with Gasteiger partial charge in [-0.2, -0.15) is 4.31 Å². The van der Waals surface area contributed by atoms with Crippen molar-refractivity contribution < 1.29 is 18.1 Å². The van der Waals surface area contributed by atoms with Gasteiger partial charge in [0, 0.05) is 18.8 Å². The van der Waals surface area contributed by atoms with Crippen LogP contribution in [-0.2, 0) is 14.8 Å². The molecule has 0 atom stereocenters. The molecule has 2 aliphatic rings. The van der Waals surface area contributed by atoms with Gasteiger partial charge in [0.25, 0.3) is 5.91 Å². The van der Waals surface area contributed by atoms with Crippen LogP contribution >= 0.6 is 0 Å². The molecule has 0 spiro atoms. The number of anilines is 1. The Balaban J connectivity index is 1.62. The van der Waals surface area contributed by atoms with Crippen LogP contribution in [0.1, 0.15) is 32.6 Å². The van der Waals surface area contributed by atoms with E-state index in [0.717, 1.165) is 44.7 Å². The molecule has 0 aromatic heterocycles. The van der Waals surface area contributed by atoms with Crippen LogP contribution < -0.4 is 10.2 Å².